The summed E-state index contributed by atoms with van der Waals surface area (Å²) in [5.41, 5.74) is 16.2. The minimum absolute atomic E-state index is 0.452. The van der Waals surface area contributed by atoms with Gasteiger partial charge in [-0.2, -0.15) is 0 Å². The molecular weight excluding hydrogens is 769 g/mol. The van der Waals surface area contributed by atoms with Gasteiger partial charge in [-0.3, -0.25) is 0 Å². The van der Waals surface area contributed by atoms with Gasteiger partial charge in [-0.25, -0.2) is 4.99 Å². The molecule has 12 aromatic rings. The predicted octanol–water partition coefficient (Wildman–Crippen LogP) is 14.7. The minimum atomic E-state index is -0.452. The molecule has 0 saturated carbocycles. The van der Waals surface area contributed by atoms with Crippen molar-refractivity contribution in [3.8, 4) is 27.9 Å². The molecule has 13 rings (SSSR count). The fourth-order valence-electron chi connectivity index (χ4n) is 9.96. The standard InChI is InChI=1S/C58H38N4O/c1-4-17-37(18-5-1)45-34-47-41-23-10-13-27-51(41)61(40-21-8-3-9-22-40)54(47)35-46(45)43-26-16-29-53-57(43)44-25-11-14-28-52(44)62(53)58-59-49(38-19-6-2-7-20-38)36-50(60-58)39-31-32-56-48(33-39)42-24-12-15-30-55(42)63-56/h1-36,58-59H. The molecule has 4 heterocycles. The van der Waals surface area contributed by atoms with Gasteiger partial charge >= 0.3 is 0 Å². The van der Waals surface area contributed by atoms with E-state index in [2.05, 4.69) is 221 Å². The van der Waals surface area contributed by atoms with Crippen LogP contribution in [0.1, 0.15) is 17.4 Å². The number of aromatic nitrogens is 2. The van der Waals surface area contributed by atoms with Crippen molar-refractivity contribution in [1.29, 1.82) is 0 Å². The predicted molar refractivity (Wildman–Crippen MR) is 262 cm³/mol. The summed E-state index contributed by atoms with van der Waals surface area (Å²) >= 11 is 0. The molecule has 1 N–H and O–H groups in total. The van der Waals surface area contributed by atoms with E-state index in [9.17, 15) is 0 Å². The van der Waals surface area contributed by atoms with Crippen molar-refractivity contribution in [2.75, 3.05) is 0 Å². The van der Waals surface area contributed by atoms with Crippen LogP contribution in [-0.2, 0) is 0 Å². The lowest BCUT2D eigenvalue weighted by Gasteiger charge is -2.27. The molecule has 5 nitrogen and oxygen atoms in total. The van der Waals surface area contributed by atoms with E-state index >= 15 is 0 Å². The number of furan rings is 1. The van der Waals surface area contributed by atoms with Gasteiger partial charge in [-0.1, -0.05) is 146 Å². The van der Waals surface area contributed by atoms with Crippen LogP contribution < -0.4 is 5.32 Å². The van der Waals surface area contributed by atoms with Crippen LogP contribution in [0, 0.1) is 0 Å². The van der Waals surface area contributed by atoms with E-state index in [0.717, 1.165) is 61.2 Å². The Morgan fingerprint density at radius 2 is 1.06 bits per heavy atom. The van der Waals surface area contributed by atoms with E-state index in [1.165, 1.54) is 54.8 Å². The Morgan fingerprint density at radius 3 is 1.87 bits per heavy atom. The highest BCUT2D eigenvalue weighted by molar-refractivity contribution is 6.20. The van der Waals surface area contributed by atoms with Gasteiger partial charge in [0.25, 0.3) is 0 Å². The van der Waals surface area contributed by atoms with Crippen molar-refractivity contribution in [3.05, 3.63) is 230 Å². The van der Waals surface area contributed by atoms with Gasteiger partial charge in [0, 0.05) is 49.3 Å². The molecule has 296 valence electrons. The normalized spacial score (nSPS) is 14.2. The molecule has 0 fully saturated rings. The fraction of sp³-hybridized carbons (Fsp3) is 0.0172. The Hall–Kier alpha value is -8.41. The van der Waals surface area contributed by atoms with Gasteiger partial charge in [0.05, 0.1) is 27.8 Å². The second kappa shape index (κ2) is 14.1. The molecule has 1 atom stereocenters. The highest BCUT2D eigenvalue weighted by atomic mass is 16.3. The van der Waals surface area contributed by atoms with Crippen LogP contribution in [-0.4, -0.2) is 14.8 Å². The van der Waals surface area contributed by atoms with Gasteiger partial charge in [0.15, 0.2) is 0 Å². The maximum absolute atomic E-state index is 6.24. The topological polar surface area (TPSA) is 47.4 Å². The quantitative estimate of drug-likeness (QED) is 0.182. The molecule has 0 radical (unpaired) electrons. The van der Waals surface area contributed by atoms with Crippen LogP contribution in [0.5, 0.6) is 0 Å². The molecule has 0 saturated heterocycles. The Balaban J connectivity index is 1.07. The van der Waals surface area contributed by atoms with Crippen molar-refractivity contribution in [2.24, 2.45) is 4.99 Å². The van der Waals surface area contributed by atoms with E-state index in [1.54, 1.807) is 0 Å². The summed E-state index contributed by atoms with van der Waals surface area (Å²) in [7, 11) is 0. The minimum Gasteiger partial charge on any atom is -0.456 e. The number of nitrogens with one attached hydrogen (secondary N) is 1. The fourth-order valence-corrected chi connectivity index (χ4v) is 9.96. The molecule has 9 aromatic carbocycles. The molecular formula is C58H38N4O. The number of para-hydroxylation sites is 4. The Morgan fingerprint density at radius 1 is 0.413 bits per heavy atom. The molecule has 1 aliphatic rings. The smallest absolute Gasteiger partial charge is 0.201 e. The number of rotatable bonds is 6. The van der Waals surface area contributed by atoms with Gasteiger partial charge < -0.3 is 18.9 Å². The number of fused-ring (bicyclic) bond motifs is 9. The van der Waals surface area contributed by atoms with E-state index in [1.807, 2.05) is 12.1 Å². The molecule has 1 unspecified atom stereocenters. The molecule has 0 aliphatic carbocycles. The molecule has 0 spiro atoms. The lowest BCUT2D eigenvalue weighted by molar-refractivity contribution is 0.508. The molecule has 0 amide bonds. The largest absolute Gasteiger partial charge is 0.456 e. The van der Waals surface area contributed by atoms with Crippen LogP contribution in [0.4, 0.5) is 0 Å². The lowest BCUT2D eigenvalue weighted by Crippen LogP contribution is -2.29. The zero-order valence-corrected chi connectivity index (χ0v) is 34.1. The SMILES string of the molecule is C1=C(c2ccccc2)NC(n2c3ccccc3c3c(-c4cc5c(cc4-c4ccccc4)c4ccccc4n5-c4ccccc4)cccc32)N=C1c1ccc2oc3ccccc3c2c1. The summed E-state index contributed by atoms with van der Waals surface area (Å²) in [5, 5.41) is 10.9. The monoisotopic (exact) mass is 806 g/mol. The summed E-state index contributed by atoms with van der Waals surface area (Å²) in [6, 6.07) is 75.9. The summed E-state index contributed by atoms with van der Waals surface area (Å²) in [6.45, 7) is 0. The first-order valence-electron chi connectivity index (χ1n) is 21.5. The van der Waals surface area contributed by atoms with Crippen LogP contribution in [0.15, 0.2) is 228 Å². The average molecular weight is 807 g/mol. The number of hydrogen-bond acceptors (Lipinski definition) is 3. The highest BCUT2D eigenvalue weighted by Gasteiger charge is 2.26. The highest BCUT2D eigenvalue weighted by Crippen LogP contribution is 2.45. The van der Waals surface area contributed by atoms with Gasteiger partial charge in [-0.15, -0.1) is 0 Å². The molecule has 63 heavy (non-hydrogen) atoms. The molecule has 5 heteroatoms. The summed E-state index contributed by atoms with van der Waals surface area (Å²) in [4.78, 5) is 5.58. The molecule has 1 aliphatic heterocycles. The van der Waals surface area contributed by atoms with Crippen molar-refractivity contribution in [2.45, 2.75) is 6.29 Å². The number of nitrogens with zero attached hydrogens (tertiary/aromatic N) is 3. The van der Waals surface area contributed by atoms with Gasteiger partial charge in [0.1, 0.15) is 11.2 Å². The Bertz CT molecular complexity index is 3820. The number of hydrogen-bond donors (Lipinski definition) is 1. The third-order valence-corrected chi connectivity index (χ3v) is 12.8. The van der Waals surface area contributed by atoms with Crippen LogP contribution in [0.3, 0.4) is 0 Å². The average Bonchev–Trinajstić information content (AvgIpc) is 4.01. The molecule has 3 aromatic heterocycles. The van der Waals surface area contributed by atoms with Gasteiger partial charge in [0.2, 0.25) is 6.29 Å². The number of benzene rings is 9. The summed E-state index contributed by atoms with van der Waals surface area (Å²) < 4.78 is 11.0. The summed E-state index contributed by atoms with van der Waals surface area (Å²) in [5.74, 6) is 0. The zero-order chi connectivity index (χ0) is 41.4. The van der Waals surface area contributed by atoms with Crippen LogP contribution in [0.25, 0.3) is 99.2 Å². The van der Waals surface area contributed by atoms with E-state index in [0.29, 0.717) is 0 Å². The first kappa shape index (κ1) is 35.4. The second-order valence-corrected chi connectivity index (χ2v) is 16.3. The Kier molecular flexibility index (Phi) is 7.90. The van der Waals surface area contributed by atoms with Crippen molar-refractivity contribution < 1.29 is 4.42 Å². The molecule has 0 bridgehead atoms. The Labute approximate surface area is 363 Å². The van der Waals surface area contributed by atoms with Crippen LogP contribution >= 0.6 is 0 Å². The third kappa shape index (κ3) is 5.60. The van der Waals surface area contributed by atoms with E-state index in [4.69, 9.17) is 9.41 Å². The van der Waals surface area contributed by atoms with Crippen molar-refractivity contribution in [3.63, 3.8) is 0 Å². The van der Waals surface area contributed by atoms with E-state index < -0.39 is 6.29 Å². The second-order valence-electron chi connectivity index (χ2n) is 16.3. The number of aliphatic imine (C=N–C) groups is 1. The third-order valence-electron chi connectivity index (χ3n) is 12.8. The first-order chi connectivity index (χ1) is 31.2. The zero-order valence-electron chi connectivity index (χ0n) is 34.1. The van der Waals surface area contributed by atoms with Crippen LogP contribution in [0.2, 0.25) is 0 Å². The van der Waals surface area contributed by atoms with E-state index in [-0.39, 0.29) is 0 Å². The van der Waals surface area contributed by atoms with Crippen molar-refractivity contribution in [1.82, 2.24) is 14.5 Å². The summed E-state index contributed by atoms with van der Waals surface area (Å²) in [6.07, 6.45) is 1.73. The lowest BCUT2D eigenvalue weighted by atomic mass is 9.90. The van der Waals surface area contributed by atoms with Gasteiger partial charge in [-0.05, 0) is 101 Å². The maximum Gasteiger partial charge on any atom is 0.201 e. The van der Waals surface area contributed by atoms with Crippen molar-refractivity contribution >= 4 is 77.0 Å². The first-order valence-corrected chi connectivity index (χ1v) is 21.5. The maximum atomic E-state index is 6.24. The number of allylic oxidation sites excluding steroid dienone is 1.